The van der Waals surface area contributed by atoms with Gasteiger partial charge in [-0.3, -0.25) is 0 Å². The van der Waals surface area contributed by atoms with E-state index in [2.05, 4.69) is 20.8 Å². The number of rotatable bonds is 6. The van der Waals surface area contributed by atoms with Crippen LogP contribution in [0.4, 0.5) is 11.4 Å². The van der Waals surface area contributed by atoms with E-state index in [4.69, 9.17) is 11.5 Å². The molecule has 1 aromatic rings. The van der Waals surface area contributed by atoms with Crippen LogP contribution in [-0.4, -0.2) is 19.1 Å². The summed E-state index contributed by atoms with van der Waals surface area (Å²) >= 11 is 0. The molecule has 0 radical (unpaired) electrons. The largest absolute Gasteiger partial charge is 0.399 e. The average molecular weight is 266 g/mol. The molecule has 0 aliphatic rings. The molecule has 0 saturated carbocycles. The molecule has 3 heteroatoms. The first-order chi connectivity index (χ1) is 9.04. The number of benzene rings is 1. The molecule has 5 N–H and O–H groups in total. The fourth-order valence-electron chi connectivity index (χ4n) is 2.22. The van der Waals surface area contributed by atoms with E-state index < -0.39 is 0 Å². The zero-order chi connectivity index (χ0) is 14.8. The number of nitrogens with one attached hydrogen (secondary N) is 1. The molecule has 0 aliphatic carbocycles. The van der Waals surface area contributed by atoms with Gasteiger partial charge in [0.1, 0.15) is 0 Å². The molecule has 1 rings (SSSR count). The van der Waals surface area contributed by atoms with Crippen molar-refractivity contribution in [3.05, 3.63) is 23.8 Å². The highest BCUT2D eigenvalue weighted by molar-refractivity contribution is 5.55. The molecular formula is C16H32N3+. The third-order valence-electron chi connectivity index (χ3n) is 3.38. The summed E-state index contributed by atoms with van der Waals surface area (Å²) in [7, 11) is 0. The van der Waals surface area contributed by atoms with Crippen LogP contribution in [-0.2, 0) is 6.42 Å². The Morgan fingerprint density at radius 3 is 2.32 bits per heavy atom. The molecule has 1 aromatic carbocycles. The molecule has 3 nitrogen and oxygen atoms in total. The molecule has 0 spiro atoms. The highest BCUT2D eigenvalue weighted by atomic mass is 15.1. The molecule has 1 unspecified atom stereocenters. The fourth-order valence-corrected chi connectivity index (χ4v) is 2.22. The first-order valence-electron chi connectivity index (χ1n) is 7.53. The molecule has 0 fully saturated rings. The second-order valence-corrected chi connectivity index (χ2v) is 4.98. The van der Waals surface area contributed by atoms with Crippen molar-refractivity contribution < 1.29 is 4.90 Å². The van der Waals surface area contributed by atoms with Crippen molar-refractivity contribution in [1.29, 1.82) is 0 Å². The van der Waals surface area contributed by atoms with E-state index in [1.807, 2.05) is 32.0 Å². The molecule has 0 amide bonds. The summed E-state index contributed by atoms with van der Waals surface area (Å²) in [5.41, 5.74) is 14.6. The molecule has 0 aromatic heterocycles. The van der Waals surface area contributed by atoms with Crippen molar-refractivity contribution in [2.75, 3.05) is 24.6 Å². The van der Waals surface area contributed by atoms with Gasteiger partial charge in [0.05, 0.1) is 19.1 Å². The van der Waals surface area contributed by atoms with Crippen LogP contribution in [0.3, 0.4) is 0 Å². The molecular weight excluding hydrogens is 234 g/mol. The molecule has 19 heavy (non-hydrogen) atoms. The lowest BCUT2D eigenvalue weighted by molar-refractivity contribution is -0.919. The minimum Gasteiger partial charge on any atom is -0.399 e. The van der Waals surface area contributed by atoms with Gasteiger partial charge in [0, 0.05) is 17.8 Å². The van der Waals surface area contributed by atoms with Gasteiger partial charge in [-0.25, -0.2) is 0 Å². The van der Waals surface area contributed by atoms with Gasteiger partial charge in [-0.15, -0.1) is 0 Å². The summed E-state index contributed by atoms with van der Waals surface area (Å²) in [5, 5.41) is 0. The molecule has 0 aliphatic heterocycles. The van der Waals surface area contributed by atoms with Crippen molar-refractivity contribution in [3.8, 4) is 0 Å². The van der Waals surface area contributed by atoms with Crippen LogP contribution in [0.2, 0.25) is 0 Å². The predicted octanol–water partition coefficient (Wildman–Crippen LogP) is 2.12. The van der Waals surface area contributed by atoms with E-state index >= 15 is 0 Å². The summed E-state index contributed by atoms with van der Waals surface area (Å²) in [5.74, 6) is 0. The van der Waals surface area contributed by atoms with Crippen LogP contribution < -0.4 is 16.4 Å². The monoisotopic (exact) mass is 266 g/mol. The standard InChI is InChI=1S/C14H25N3.C2H6/c1-4-17(11(2)3)9-5-6-12-10-13(15)7-8-14(12)16;1-2/h7-8,10-11H,4-6,9,15-16H2,1-3H3;1-2H3/p+1. The Labute approximate surface area is 119 Å². The summed E-state index contributed by atoms with van der Waals surface area (Å²) in [6, 6.07) is 6.45. The van der Waals surface area contributed by atoms with Crippen molar-refractivity contribution in [2.24, 2.45) is 0 Å². The average Bonchev–Trinajstić information content (AvgIpc) is 2.40. The Bertz CT molecular complexity index is 348. The van der Waals surface area contributed by atoms with Gasteiger partial charge < -0.3 is 16.4 Å². The van der Waals surface area contributed by atoms with Gasteiger partial charge in [0.25, 0.3) is 0 Å². The first kappa shape index (κ1) is 17.8. The summed E-state index contributed by atoms with van der Waals surface area (Å²) in [6.07, 6.45) is 2.18. The van der Waals surface area contributed by atoms with Gasteiger partial charge in [0.15, 0.2) is 0 Å². The van der Waals surface area contributed by atoms with Crippen molar-refractivity contribution in [2.45, 2.75) is 53.5 Å². The van der Waals surface area contributed by atoms with Crippen molar-refractivity contribution >= 4 is 11.4 Å². The first-order valence-corrected chi connectivity index (χ1v) is 7.53. The lowest BCUT2D eigenvalue weighted by atomic mass is 10.1. The third kappa shape index (κ3) is 6.48. The van der Waals surface area contributed by atoms with Crippen LogP contribution in [0.5, 0.6) is 0 Å². The number of quaternary nitrogens is 1. The minimum absolute atomic E-state index is 0.693. The van der Waals surface area contributed by atoms with Gasteiger partial charge >= 0.3 is 0 Å². The molecule has 0 saturated heterocycles. The number of aryl methyl sites for hydroxylation is 1. The van der Waals surface area contributed by atoms with Crippen LogP contribution in [0, 0.1) is 0 Å². The Hall–Kier alpha value is -1.22. The number of nitrogens with two attached hydrogens (primary N) is 2. The SMILES string of the molecule is CC.CC[NH+](CCCc1cc(N)ccc1N)C(C)C. The third-order valence-corrected chi connectivity index (χ3v) is 3.38. The Balaban J connectivity index is 0.00000154. The maximum absolute atomic E-state index is 5.94. The number of anilines is 2. The van der Waals surface area contributed by atoms with Crippen LogP contribution >= 0.6 is 0 Å². The van der Waals surface area contributed by atoms with E-state index in [1.54, 1.807) is 4.90 Å². The molecule has 1 atom stereocenters. The van der Waals surface area contributed by atoms with Crippen LogP contribution in [0.25, 0.3) is 0 Å². The predicted molar refractivity (Wildman–Crippen MR) is 86.4 cm³/mol. The van der Waals surface area contributed by atoms with Crippen LogP contribution in [0.15, 0.2) is 18.2 Å². The maximum Gasteiger partial charge on any atom is 0.0817 e. The second-order valence-electron chi connectivity index (χ2n) is 4.98. The summed E-state index contributed by atoms with van der Waals surface area (Å²) < 4.78 is 0. The number of hydrogen-bond donors (Lipinski definition) is 3. The van der Waals surface area contributed by atoms with Crippen molar-refractivity contribution in [3.63, 3.8) is 0 Å². The highest BCUT2D eigenvalue weighted by Gasteiger charge is 2.10. The topological polar surface area (TPSA) is 56.5 Å². The van der Waals surface area contributed by atoms with Gasteiger partial charge in [0.2, 0.25) is 0 Å². The van der Waals surface area contributed by atoms with E-state index in [0.29, 0.717) is 6.04 Å². The normalized spacial score (nSPS) is 11.9. The second kappa shape index (κ2) is 9.68. The lowest BCUT2D eigenvalue weighted by Gasteiger charge is -2.21. The fraction of sp³-hybridized carbons (Fsp3) is 0.625. The van der Waals surface area contributed by atoms with Gasteiger partial charge in [-0.05, 0) is 51.0 Å². The minimum atomic E-state index is 0.693. The highest BCUT2D eigenvalue weighted by Crippen LogP contribution is 2.16. The van der Waals surface area contributed by atoms with E-state index in [9.17, 15) is 0 Å². The van der Waals surface area contributed by atoms with Crippen LogP contribution in [0.1, 0.15) is 46.6 Å². The zero-order valence-corrected chi connectivity index (χ0v) is 13.3. The Morgan fingerprint density at radius 2 is 1.79 bits per heavy atom. The Kier molecular flexibility index (Phi) is 9.06. The Morgan fingerprint density at radius 1 is 1.16 bits per heavy atom. The molecule has 110 valence electrons. The molecule has 0 bridgehead atoms. The lowest BCUT2D eigenvalue weighted by Crippen LogP contribution is -3.14. The molecule has 0 heterocycles. The van der Waals surface area contributed by atoms with Gasteiger partial charge in [-0.1, -0.05) is 13.8 Å². The summed E-state index contributed by atoms with van der Waals surface area (Å²) in [4.78, 5) is 1.65. The number of nitrogen functional groups attached to an aromatic ring is 2. The van der Waals surface area contributed by atoms with Gasteiger partial charge in [-0.2, -0.15) is 0 Å². The van der Waals surface area contributed by atoms with E-state index in [0.717, 1.165) is 24.2 Å². The quantitative estimate of drug-likeness (QED) is 0.691. The van der Waals surface area contributed by atoms with Crippen molar-refractivity contribution in [1.82, 2.24) is 0 Å². The zero-order valence-electron chi connectivity index (χ0n) is 13.3. The summed E-state index contributed by atoms with van der Waals surface area (Å²) in [6.45, 7) is 13.2. The number of hydrogen-bond acceptors (Lipinski definition) is 2. The smallest absolute Gasteiger partial charge is 0.0817 e. The van der Waals surface area contributed by atoms with E-state index in [-0.39, 0.29) is 0 Å². The maximum atomic E-state index is 5.94. The van der Waals surface area contributed by atoms with E-state index in [1.165, 1.54) is 18.7 Å².